The minimum Gasteiger partial charge on any atom is -0.378 e. The summed E-state index contributed by atoms with van der Waals surface area (Å²) in [5, 5.41) is 7.10. The predicted octanol–water partition coefficient (Wildman–Crippen LogP) is 1.60. The van der Waals surface area contributed by atoms with Gasteiger partial charge < -0.3 is 9.64 Å². The molecule has 0 spiro atoms. The average molecular weight is 359 g/mol. The van der Waals surface area contributed by atoms with Crippen molar-refractivity contribution in [2.24, 2.45) is 0 Å². The first-order chi connectivity index (χ1) is 12.1. The second-order valence-electron chi connectivity index (χ2n) is 5.67. The summed E-state index contributed by atoms with van der Waals surface area (Å²) < 4.78 is 32.9. The molecule has 0 bridgehead atoms. The molecule has 3 heterocycles. The van der Waals surface area contributed by atoms with E-state index in [2.05, 4.69) is 24.8 Å². The van der Waals surface area contributed by atoms with E-state index in [4.69, 9.17) is 4.74 Å². The third kappa shape index (κ3) is 3.03. The lowest BCUT2D eigenvalue weighted by Gasteiger charge is -2.30. The zero-order chi connectivity index (χ0) is 17.3. The molecule has 1 aromatic carbocycles. The highest BCUT2D eigenvalue weighted by Crippen LogP contribution is 2.32. The Kier molecular flexibility index (Phi) is 4.02. The van der Waals surface area contributed by atoms with Crippen molar-refractivity contribution in [3.05, 3.63) is 42.9 Å². The van der Waals surface area contributed by atoms with E-state index < -0.39 is 10.0 Å². The van der Waals surface area contributed by atoms with Crippen LogP contribution in [0.2, 0.25) is 0 Å². The number of rotatable bonds is 4. The maximum Gasteiger partial charge on any atom is 0.265 e. The molecule has 0 unspecified atom stereocenters. The van der Waals surface area contributed by atoms with Gasteiger partial charge in [-0.05, 0) is 24.3 Å². The average Bonchev–Trinajstić information content (AvgIpc) is 3.18. The van der Waals surface area contributed by atoms with Gasteiger partial charge in [-0.1, -0.05) is 0 Å². The van der Waals surface area contributed by atoms with Crippen molar-refractivity contribution >= 4 is 32.3 Å². The zero-order valence-electron chi connectivity index (χ0n) is 13.3. The zero-order valence-corrected chi connectivity index (χ0v) is 14.2. The molecule has 4 rings (SSSR count). The first-order valence-corrected chi connectivity index (χ1v) is 9.35. The smallest absolute Gasteiger partial charge is 0.265 e. The van der Waals surface area contributed by atoms with Crippen molar-refractivity contribution in [3.8, 4) is 0 Å². The summed E-state index contributed by atoms with van der Waals surface area (Å²) in [6.07, 6.45) is 4.25. The lowest BCUT2D eigenvalue weighted by Crippen LogP contribution is -2.36. The lowest BCUT2D eigenvalue weighted by atomic mass is 10.1. The highest BCUT2D eigenvalue weighted by Gasteiger charge is 2.20. The molecule has 1 fully saturated rings. The third-order valence-corrected chi connectivity index (χ3v) is 5.46. The number of hydrogen-bond acceptors (Lipinski definition) is 6. The Morgan fingerprint density at radius 1 is 1.20 bits per heavy atom. The topological polar surface area (TPSA) is 100 Å². The fraction of sp³-hybridized carbons (Fsp3) is 0.250. The molecule has 9 heteroatoms. The molecule has 8 nitrogen and oxygen atoms in total. The SMILES string of the molecule is O=S(=O)(Nc1ccc(N2CCOCC2)c2cccnc12)c1cn[nH]c1. The number of morpholine rings is 1. The van der Waals surface area contributed by atoms with Crippen LogP contribution in [-0.4, -0.2) is 49.9 Å². The molecule has 2 aromatic heterocycles. The van der Waals surface area contributed by atoms with Gasteiger partial charge in [0.2, 0.25) is 0 Å². The monoisotopic (exact) mass is 359 g/mol. The Hall–Kier alpha value is -2.65. The van der Waals surface area contributed by atoms with Crippen LogP contribution in [0.3, 0.4) is 0 Å². The Morgan fingerprint density at radius 3 is 2.80 bits per heavy atom. The minimum absolute atomic E-state index is 0.0776. The van der Waals surface area contributed by atoms with E-state index >= 15 is 0 Å². The Balaban J connectivity index is 1.76. The predicted molar refractivity (Wildman–Crippen MR) is 94.2 cm³/mol. The van der Waals surface area contributed by atoms with E-state index in [1.807, 2.05) is 18.2 Å². The van der Waals surface area contributed by atoms with Crippen LogP contribution in [0.4, 0.5) is 11.4 Å². The highest BCUT2D eigenvalue weighted by atomic mass is 32.2. The van der Waals surface area contributed by atoms with Crippen LogP contribution >= 0.6 is 0 Å². The second kappa shape index (κ2) is 6.34. The van der Waals surface area contributed by atoms with Gasteiger partial charge >= 0.3 is 0 Å². The summed E-state index contributed by atoms with van der Waals surface area (Å²) in [4.78, 5) is 6.70. The quantitative estimate of drug-likeness (QED) is 0.734. The Morgan fingerprint density at radius 2 is 2.04 bits per heavy atom. The molecule has 3 aromatic rings. The highest BCUT2D eigenvalue weighted by molar-refractivity contribution is 7.92. The standard InChI is InChI=1S/C16H17N5O3S/c22-25(23,12-10-18-19-11-12)20-14-3-4-15(21-6-8-24-9-7-21)13-2-1-5-17-16(13)14/h1-5,10-11,20H,6-9H2,(H,18,19). The number of fused-ring (bicyclic) bond motifs is 1. The first-order valence-electron chi connectivity index (χ1n) is 7.87. The molecule has 2 N–H and O–H groups in total. The number of pyridine rings is 1. The summed E-state index contributed by atoms with van der Waals surface area (Å²) in [5.74, 6) is 0. The second-order valence-corrected chi connectivity index (χ2v) is 7.35. The molecule has 0 radical (unpaired) electrons. The molecule has 1 aliphatic rings. The van der Waals surface area contributed by atoms with Crippen LogP contribution in [-0.2, 0) is 14.8 Å². The molecule has 1 aliphatic heterocycles. The van der Waals surface area contributed by atoms with Crippen LogP contribution < -0.4 is 9.62 Å². The van der Waals surface area contributed by atoms with Gasteiger partial charge in [-0.2, -0.15) is 5.10 Å². The van der Waals surface area contributed by atoms with Crippen LogP contribution in [0.25, 0.3) is 10.9 Å². The summed E-state index contributed by atoms with van der Waals surface area (Å²) in [6.45, 7) is 2.95. The molecule has 1 saturated heterocycles. The number of anilines is 2. The van der Waals surface area contributed by atoms with Gasteiger partial charge in [0.25, 0.3) is 10.0 Å². The Bertz CT molecular complexity index is 982. The Labute approximate surface area is 144 Å². The maximum absolute atomic E-state index is 12.5. The van der Waals surface area contributed by atoms with E-state index in [1.165, 1.54) is 12.4 Å². The number of nitrogens with one attached hydrogen (secondary N) is 2. The van der Waals surface area contributed by atoms with Gasteiger partial charge in [0.05, 0.1) is 30.6 Å². The van der Waals surface area contributed by atoms with Crippen molar-refractivity contribution < 1.29 is 13.2 Å². The molecule has 0 aliphatic carbocycles. The van der Waals surface area contributed by atoms with Crippen molar-refractivity contribution in [1.29, 1.82) is 0 Å². The molecule has 130 valence electrons. The van der Waals surface area contributed by atoms with Crippen LogP contribution in [0.15, 0.2) is 47.8 Å². The number of aromatic amines is 1. The van der Waals surface area contributed by atoms with Crippen molar-refractivity contribution in [2.45, 2.75) is 4.90 Å². The van der Waals surface area contributed by atoms with Crippen molar-refractivity contribution in [1.82, 2.24) is 15.2 Å². The van der Waals surface area contributed by atoms with Gasteiger partial charge in [0.15, 0.2) is 0 Å². The number of ether oxygens (including phenoxy) is 1. The van der Waals surface area contributed by atoms with Gasteiger partial charge in [0.1, 0.15) is 4.90 Å². The summed E-state index contributed by atoms with van der Waals surface area (Å²) in [6, 6.07) is 7.46. The summed E-state index contributed by atoms with van der Waals surface area (Å²) in [7, 11) is -3.72. The van der Waals surface area contributed by atoms with E-state index in [1.54, 1.807) is 12.3 Å². The van der Waals surface area contributed by atoms with Gasteiger partial charge in [-0.15, -0.1) is 0 Å². The van der Waals surface area contributed by atoms with Crippen molar-refractivity contribution in [2.75, 3.05) is 35.9 Å². The van der Waals surface area contributed by atoms with Crippen LogP contribution in [0, 0.1) is 0 Å². The van der Waals surface area contributed by atoms with Gasteiger partial charge in [-0.3, -0.25) is 14.8 Å². The van der Waals surface area contributed by atoms with Crippen LogP contribution in [0.5, 0.6) is 0 Å². The number of hydrogen-bond donors (Lipinski definition) is 2. The number of aromatic nitrogens is 3. The molecular formula is C16H17N5O3S. The molecule has 0 atom stereocenters. The third-order valence-electron chi connectivity index (χ3n) is 4.13. The fourth-order valence-electron chi connectivity index (χ4n) is 2.91. The molecule has 0 amide bonds. The van der Waals surface area contributed by atoms with Crippen molar-refractivity contribution in [3.63, 3.8) is 0 Å². The summed E-state index contributed by atoms with van der Waals surface area (Å²) >= 11 is 0. The number of H-pyrrole nitrogens is 1. The minimum atomic E-state index is -3.72. The van der Waals surface area contributed by atoms with Crippen LogP contribution in [0.1, 0.15) is 0 Å². The normalized spacial score (nSPS) is 15.4. The van der Waals surface area contributed by atoms with E-state index in [0.29, 0.717) is 24.4 Å². The first kappa shape index (κ1) is 15.9. The van der Waals surface area contributed by atoms with Gasteiger partial charge in [0, 0.05) is 36.6 Å². The lowest BCUT2D eigenvalue weighted by molar-refractivity contribution is 0.123. The molecular weight excluding hydrogens is 342 g/mol. The van der Waals surface area contributed by atoms with E-state index in [9.17, 15) is 8.42 Å². The largest absolute Gasteiger partial charge is 0.378 e. The maximum atomic E-state index is 12.5. The van der Waals surface area contributed by atoms with E-state index in [-0.39, 0.29) is 4.90 Å². The molecule has 0 saturated carbocycles. The van der Waals surface area contributed by atoms with Gasteiger partial charge in [-0.25, -0.2) is 8.42 Å². The number of sulfonamides is 1. The number of benzene rings is 1. The summed E-state index contributed by atoms with van der Waals surface area (Å²) in [5.41, 5.74) is 2.07. The molecule has 25 heavy (non-hydrogen) atoms. The number of nitrogens with zero attached hydrogens (tertiary/aromatic N) is 3. The fourth-order valence-corrected chi connectivity index (χ4v) is 3.88. The van der Waals surface area contributed by atoms with E-state index in [0.717, 1.165) is 24.2 Å².